The third-order valence-electron chi connectivity index (χ3n) is 4.96. The topological polar surface area (TPSA) is 24.5 Å². The number of likely N-dealkylation sites (tertiary alicyclic amines) is 1. The van der Waals surface area contributed by atoms with Crippen LogP contribution in [0.3, 0.4) is 0 Å². The number of halogens is 2. The number of hydrogen-bond donors (Lipinski definition) is 1. The van der Waals surface area contributed by atoms with E-state index < -0.39 is 0 Å². The van der Waals surface area contributed by atoms with E-state index >= 15 is 0 Å². The van der Waals surface area contributed by atoms with E-state index in [1.165, 1.54) is 25.5 Å². The van der Waals surface area contributed by atoms with Crippen molar-refractivity contribution in [1.82, 2.24) is 10.2 Å². The summed E-state index contributed by atoms with van der Waals surface area (Å²) in [5, 5.41) is 4.21. The molecule has 0 amide bonds. The minimum absolute atomic E-state index is 0.202. The van der Waals surface area contributed by atoms with Gasteiger partial charge in [0.15, 0.2) is 0 Å². The number of rotatable bonds is 8. The quantitative estimate of drug-likeness (QED) is 0.726. The van der Waals surface area contributed by atoms with Gasteiger partial charge in [0.25, 0.3) is 0 Å². The van der Waals surface area contributed by atoms with E-state index in [9.17, 15) is 4.39 Å². The lowest BCUT2D eigenvalue weighted by Crippen LogP contribution is -2.37. The lowest BCUT2D eigenvalue weighted by molar-refractivity contribution is 0.258. The number of nitrogens with zero attached hydrogens (tertiary/aromatic N) is 1. The van der Waals surface area contributed by atoms with Gasteiger partial charge in [-0.3, -0.25) is 4.90 Å². The molecule has 0 aromatic heterocycles. The lowest BCUT2D eigenvalue weighted by Gasteiger charge is -2.23. The van der Waals surface area contributed by atoms with Crippen LogP contribution in [0.5, 0.6) is 5.75 Å². The maximum atomic E-state index is 13.8. The largest absolute Gasteiger partial charge is 0.488 e. The molecule has 1 saturated heterocycles. The van der Waals surface area contributed by atoms with Gasteiger partial charge in [0.05, 0.1) is 0 Å². The molecular formula is C21H26ClFN2O. The highest BCUT2D eigenvalue weighted by Gasteiger charge is 2.22. The molecule has 1 fully saturated rings. The van der Waals surface area contributed by atoms with Crippen LogP contribution in [-0.2, 0) is 13.2 Å². The van der Waals surface area contributed by atoms with E-state index in [0.717, 1.165) is 24.4 Å². The third-order valence-corrected chi connectivity index (χ3v) is 5.20. The second kappa shape index (κ2) is 9.36. The highest BCUT2D eigenvalue weighted by molar-refractivity contribution is 6.30. The number of likely N-dealkylation sites (N-methyl/N-ethyl adjacent to an activating group) is 1. The average Bonchev–Trinajstić information content (AvgIpc) is 3.10. The van der Waals surface area contributed by atoms with E-state index in [0.29, 0.717) is 23.2 Å². The van der Waals surface area contributed by atoms with Gasteiger partial charge in [-0.15, -0.1) is 0 Å². The summed E-state index contributed by atoms with van der Waals surface area (Å²) in [5.41, 5.74) is 1.54. The van der Waals surface area contributed by atoms with E-state index in [1.54, 1.807) is 18.2 Å². The normalized spacial score (nSPS) is 17.6. The van der Waals surface area contributed by atoms with Gasteiger partial charge >= 0.3 is 0 Å². The Kier molecular flexibility index (Phi) is 6.89. The Morgan fingerprint density at radius 2 is 2.08 bits per heavy atom. The second-order valence-corrected chi connectivity index (χ2v) is 7.12. The Hall–Kier alpha value is -1.62. The minimum atomic E-state index is -0.248. The van der Waals surface area contributed by atoms with Crippen molar-refractivity contribution in [2.75, 3.05) is 19.6 Å². The van der Waals surface area contributed by atoms with Crippen LogP contribution >= 0.6 is 11.6 Å². The molecule has 1 N–H and O–H groups in total. The molecule has 26 heavy (non-hydrogen) atoms. The first-order valence-corrected chi connectivity index (χ1v) is 9.64. The van der Waals surface area contributed by atoms with Crippen LogP contribution in [0.15, 0.2) is 42.5 Å². The van der Waals surface area contributed by atoms with Crippen molar-refractivity contribution in [3.63, 3.8) is 0 Å². The molecular weight excluding hydrogens is 351 g/mol. The van der Waals surface area contributed by atoms with Crippen molar-refractivity contribution in [3.05, 3.63) is 64.4 Å². The van der Waals surface area contributed by atoms with Crippen LogP contribution in [0.4, 0.5) is 4.39 Å². The number of hydrogen-bond acceptors (Lipinski definition) is 3. The molecule has 0 aliphatic carbocycles. The van der Waals surface area contributed by atoms with Gasteiger partial charge in [-0.1, -0.05) is 36.7 Å². The molecule has 1 aliphatic heterocycles. The van der Waals surface area contributed by atoms with E-state index in [1.807, 2.05) is 18.2 Å². The number of ether oxygens (including phenoxy) is 1. The van der Waals surface area contributed by atoms with Crippen LogP contribution in [0, 0.1) is 5.82 Å². The van der Waals surface area contributed by atoms with E-state index in [-0.39, 0.29) is 12.4 Å². The first kappa shape index (κ1) is 19.2. The highest BCUT2D eigenvalue weighted by atomic mass is 35.5. The zero-order chi connectivity index (χ0) is 18.4. The van der Waals surface area contributed by atoms with Gasteiger partial charge in [-0.2, -0.15) is 0 Å². The van der Waals surface area contributed by atoms with E-state index in [4.69, 9.17) is 16.3 Å². The van der Waals surface area contributed by atoms with Crippen LogP contribution in [0.1, 0.15) is 30.9 Å². The van der Waals surface area contributed by atoms with Crippen molar-refractivity contribution >= 4 is 11.6 Å². The molecule has 3 rings (SSSR count). The molecule has 3 nitrogen and oxygen atoms in total. The van der Waals surface area contributed by atoms with Crippen molar-refractivity contribution in [2.24, 2.45) is 0 Å². The van der Waals surface area contributed by atoms with Crippen molar-refractivity contribution in [2.45, 2.75) is 39.0 Å². The summed E-state index contributed by atoms with van der Waals surface area (Å²) in [6.45, 7) is 6.34. The van der Waals surface area contributed by atoms with Crippen molar-refractivity contribution in [1.29, 1.82) is 0 Å². The maximum absolute atomic E-state index is 13.8. The molecule has 5 heteroatoms. The Bertz CT molecular complexity index is 725. The summed E-state index contributed by atoms with van der Waals surface area (Å²) in [6, 6.07) is 12.9. The van der Waals surface area contributed by atoms with Gasteiger partial charge in [0.2, 0.25) is 0 Å². The second-order valence-electron chi connectivity index (χ2n) is 6.69. The van der Waals surface area contributed by atoms with Gasteiger partial charge in [0, 0.05) is 35.3 Å². The molecule has 140 valence electrons. The summed E-state index contributed by atoms with van der Waals surface area (Å²) < 4.78 is 19.7. The molecule has 0 spiro atoms. The Morgan fingerprint density at radius 1 is 1.23 bits per heavy atom. The van der Waals surface area contributed by atoms with Crippen molar-refractivity contribution in [3.8, 4) is 5.75 Å². The summed E-state index contributed by atoms with van der Waals surface area (Å²) in [7, 11) is 0. The fraction of sp³-hybridized carbons (Fsp3) is 0.429. The summed E-state index contributed by atoms with van der Waals surface area (Å²) >= 11 is 6.16. The van der Waals surface area contributed by atoms with Crippen LogP contribution in [0.25, 0.3) is 0 Å². The molecule has 0 unspecified atom stereocenters. The summed E-state index contributed by atoms with van der Waals surface area (Å²) in [6.07, 6.45) is 2.52. The van der Waals surface area contributed by atoms with Gasteiger partial charge < -0.3 is 10.1 Å². The van der Waals surface area contributed by atoms with E-state index in [2.05, 4.69) is 17.1 Å². The standard InChI is InChI=1S/C21H26ClFN2O/c1-2-25-11-5-7-19(25)14-24-13-17-12-18(22)9-10-21(17)26-15-16-6-3-4-8-20(16)23/h3-4,6,8-10,12,19,24H,2,5,7,11,13-15H2,1H3/t19-/m1/s1. The fourth-order valence-electron chi connectivity index (χ4n) is 3.51. The molecule has 1 atom stereocenters. The summed E-state index contributed by atoms with van der Waals surface area (Å²) in [5.74, 6) is 0.492. The molecule has 1 aliphatic rings. The third kappa shape index (κ3) is 4.97. The average molecular weight is 377 g/mol. The zero-order valence-electron chi connectivity index (χ0n) is 15.2. The zero-order valence-corrected chi connectivity index (χ0v) is 15.9. The van der Waals surface area contributed by atoms with Gasteiger partial charge in [0.1, 0.15) is 18.2 Å². The fourth-order valence-corrected chi connectivity index (χ4v) is 3.71. The predicted molar refractivity (Wildman–Crippen MR) is 104 cm³/mol. The van der Waals surface area contributed by atoms with Crippen LogP contribution in [0.2, 0.25) is 5.02 Å². The Labute approximate surface area is 160 Å². The molecule has 1 heterocycles. The molecule has 0 radical (unpaired) electrons. The van der Waals surface area contributed by atoms with Crippen LogP contribution < -0.4 is 10.1 Å². The predicted octanol–water partition coefficient (Wildman–Crippen LogP) is 4.63. The number of nitrogens with one attached hydrogen (secondary N) is 1. The van der Waals surface area contributed by atoms with Gasteiger partial charge in [-0.25, -0.2) is 4.39 Å². The number of benzene rings is 2. The smallest absolute Gasteiger partial charge is 0.129 e. The molecule has 0 bridgehead atoms. The van der Waals surface area contributed by atoms with Crippen molar-refractivity contribution < 1.29 is 9.13 Å². The van der Waals surface area contributed by atoms with Crippen LogP contribution in [-0.4, -0.2) is 30.6 Å². The molecule has 2 aromatic rings. The first-order valence-electron chi connectivity index (χ1n) is 9.26. The SMILES string of the molecule is CCN1CCC[C@@H]1CNCc1cc(Cl)ccc1OCc1ccccc1F. The Balaban J connectivity index is 1.59. The molecule has 0 saturated carbocycles. The maximum Gasteiger partial charge on any atom is 0.129 e. The monoisotopic (exact) mass is 376 g/mol. The first-order chi connectivity index (χ1) is 12.7. The molecule has 2 aromatic carbocycles. The Morgan fingerprint density at radius 3 is 2.88 bits per heavy atom. The lowest BCUT2D eigenvalue weighted by atomic mass is 10.1. The summed E-state index contributed by atoms with van der Waals surface area (Å²) in [4.78, 5) is 2.51. The van der Waals surface area contributed by atoms with Gasteiger partial charge in [-0.05, 0) is 50.2 Å². The minimum Gasteiger partial charge on any atom is -0.488 e. The highest BCUT2D eigenvalue weighted by Crippen LogP contribution is 2.24.